The predicted molar refractivity (Wildman–Crippen MR) is 148 cm³/mol. The van der Waals surface area contributed by atoms with Gasteiger partial charge in [0.15, 0.2) is 5.11 Å². The second-order valence-electron chi connectivity index (χ2n) is 8.25. The van der Waals surface area contributed by atoms with Crippen molar-refractivity contribution in [3.8, 4) is 0 Å². The van der Waals surface area contributed by atoms with Crippen LogP contribution in [0.3, 0.4) is 0 Å². The van der Waals surface area contributed by atoms with Crippen molar-refractivity contribution >= 4 is 69.7 Å². The summed E-state index contributed by atoms with van der Waals surface area (Å²) in [5.41, 5.74) is 2.30. The SMILES string of the molecule is CCOC(=O)c1ccc(N2C(=O)[C@@H](CC(=O)Nc3ccc(Cl)cc3)N(Cc3ccc(Cl)cc3)C2=S)cc1. The van der Waals surface area contributed by atoms with Crippen molar-refractivity contribution < 1.29 is 19.1 Å². The highest BCUT2D eigenvalue weighted by Gasteiger charge is 2.44. The maximum Gasteiger partial charge on any atom is 0.338 e. The zero-order valence-electron chi connectivity index (χ0n) is 19.8. The number of amides is 2. The van der Waals surface area contributed by atoms with Crippen LogP contribution < -0.4 is 10.2 Å². The molecular weight excluding hydrogens is 533 g/mol. The Morgan fingerprint density at radius 3 is 2.14 bits per heavy atom. The number of carbonyl (C=O) groups is 3. The fourth-order valence-corrected chi connectivity index (χ4v) is 4.56. The lowest BCUT2D eigenvalue weighted by atomic mass is 10.1. The molecule has 1 atom stereocenters. The molecule has 3 aromatic carbocycles. The summed E-state index contributed by atoms with van der Waals surface area (Å²) in [6.45, 7) is 2.29. The monoisotopic (exact) mass is 555 g/mol. The van der Waals surface area contributed by atoms with E-state index in [1.807, 2.05) is 12.1 Å². The summed E-state index contributed by atoms with van der Waals surface area (Å²) in [4.78, 5) is 41.7. The lowest BCUT2D eigenvalue weighted by Gasteiger charge is -2.24. The van der Waals surface area contributed by atoms with E-state index in [0.29, 0.717) is 33.5 Å². The molecular formula is C27H23Cl2N3O4S. The first-order valence-electron chi connectivity index (χ1n) is 11.5. The van der Waals surface area contributed by atoms with Gasteiger partial charge in [0, 0.05) is 22.3 Å². The standard InChI is InChI=1S/C27H23Cl2N3O4S/c1-2-36-26(35)18-5-13-22(14-6-18)32-25(34)23(15-24(33)30-21-11-9-20(29)10-12-21)31(27(32)37)16-17-3-7-19(28)8-4-17/h3-14,23H,2,15-16H2,1H3,(H,30,33)/t23-/m1/s1. The number of benzene rings is 3. The van der Waals surface area contributed by atoms with Crippen LogP contribution in [0, 0.1) is 0 Å². The second-order valence-corrected chi connectivity index (χ2v) is 9.49. The van der Waals surface area contributed by atoms with Crippen LogP contribution in [0.15, 0.2) is 72.8 Å². The van der Waals surface area contributed by atoms with Crippen molar-refractivity contribution in [2.75, 3.05) is 16.8 Å². The van der Waals surface area contributed by atoms with Gasteiger partial charge in [-0.25, -0.2) is 4.79 Å². The normalized spacial score (nSPS) is 15.2. The third-order valence-electron chi connectivity index (χ3n) is 5.73. The molecule has 0 aromatic heterocycles. The molecule has 10 heteroatoms. The predicted octanol–water partition coefficient (Wildman–Crippen LogP) is 5.70. The summed E-state index contributed by atoms with van der Waals surface area (Å²) in [5, 5.41) is 4.20. The first-order valence-corrected chi connectivity index (χ1v) is 12.6. The van der Waals surface area contributed by atoms with Gasteiger partial charge >= 0.3 is 5.97 Å². The van der Waals surface area contributed by atoms with E-state index < -0.39 is 12.0 Å². The molecule has 0 bridgehead atoms. The van der Waals surface area contributed by atoms with Gasteiger partial charge in [-0.05, 0) is 85.4 Å². The van der Waals surface area contributed by atoms with Crippen molar-refractivity contribution in [2.24, 2.45) is 0 Å². The van der Waals surface area contributed by atoms with Gasteiger partial charge in [-0.15, -0.1) is 0 Å². The van der Waals surface area contributed by atoms with Crippen molar-refractivity contribution in [3.63, 3.8) is 0 Å². The Labute approximate surface area is 229 Å². The van der Waals surface area contributed by atoms with Crippen molar-refractivity contribution in [1.29, 1.82) is 0 Å². The molecule has 0 spiro atoms. The number of esters is 1. The van der Waals surface area contributed by atoms with Gasteiger partial charge in [-0.2, -0.15) is 0 Å². The molecule has 0 aliphatic carbocycles. The molecule has 1 fully saturated rings. The largest absolute Gasteiger partial charge is 0.462 e. The Morgan fingerprint density at radius 1 is 0.946 bits per heavy atom. The Morgan fingerprint density at radius 2 is 1.54 bits per heavy atom. The zero-order chi connectivity index (χ0) is 26.5. The molecule has 3 aromatic rings. The summed E-state index contributed by atoms with van der Waals surface area (Å²) in [5.74, 6) is -1.14. The number of rotatable bonds is 8. The molecule has 1 aliphatic heterocycles. The smallest absolute Gasteiger partial charge is 0.338 e. The third-order valence-corrected chi connectivity index (χ3v) is 6.65. The van der Waals surface area contributed by atoms with Crippen LogP contribution in [-0.2, 0) is 20.9 Å². The number of nitrogens with one attached hydrogen (secondary N) is 1. The third kappa shape index (κ3) is 6.28. The molecule has 4 rings (SSSR count). The highest BCUT2D eigenvalue weighted by molar-refractivity contribution is 7.80. The molecule has 0 saturated carbocycles. The van der Waals surface area contributed by atoms with Crippen LogP contribution in [0.5, 0.6) is 0 Å². The maximum atomic E-state index is 13.6. The Hall–Kier alpha value is -3.46. The lowest BCUT2D eigenvalue weighted by Crippen LogP contribution is -2.37. The molecule has 0 unspecified atom stereocenters. The van der Waals surface area contributed by atoms with E-state index in [1.165, 1.54) is 4.90 Å². The first-order chi connectivity index (χ1) is 17.8. The van der Waals surface area contributed by atoms with E-state index in [9.17, 15) is 14.4 Å². The van der Waals surface area contributed by atoms with E-state index >= 15 is 0 Å². The number of anilines is 2. The van der Waals surface area contributed by atoms with Crippen LogP contribution in [0.1, 0.15) is 29.3 Å². The summed E-state index contributed by atoms with van der Waals surface area (Å²) in [7, 11) is 0. The highest BCUT2D eigenvalue weighted by Crippen LogP contribution is 2.29. The minimum atomic E-state index is -0.833. The van der Waals surface area contributed by atoms with E-state index in [1.54, 1.807) is 72.5 Å². The summed E-state index contributed by atoms with van der Waals surface area (Å²) < 4.78 is 5.03. The van der Waals surface area contributed by atoms with Crippen LogP contribution in [0.2, 0.25) is 10.0 Å². The molecule has 1 saturated heterocycles. The topological polar surface area (TPSA) is 78.9 Å². The minimum absolute atomic E-state index is 0.118. The van der Waals surface area contributed by atoms with E-state index in [2.05, 4.69) is 5.32 Å². The number of nitrogens with zero attached hydrogens (tertiary/aromatic N) is 2. The van der Waals surface area contributed by atoms with Gasteiger partial charge in [-0.1, -0.05) is 35.3 Å². The molecule has 2 amide bonds. The van der Waals surface area contributed by atoms with Gasteiger partial charge < -0.3 is 15.0 Å². The molecule has 1 heterocycles. The first kappa shape index (κ1) is 26.6. The van der Waals surface area contributed by atoms with Gasteiger partial charge in [0.2, 0.25) is 5.91 Å². The zero-order valence-corrected chi connectivity index (χ0v) is 22.1. The molecule has 190 valence electrons. The van der Waals surface area contributed by atoms with Gasteiger partial charge in [0.05, 0.1) is 24.3 Å². The summed E-state index contributed by atoms with van der Waals surface area (Å²) >= 11 is 17.7. The van der Waals surface area contributed by atoms with E-state index in [0.717, 1.165) is 5.56 Å². The molecule has 7 nitrogen and oxygen atoms in total. The summed E-state index contributed by atoms with van der Waals surface area (Å²) in [6.07, 6.45) is -0.118. The van der Waals surface area contributed by atoms with Gasteiger partial charge in [0.1, 0.15) is 6.04 Å². The van der Waals surface area contributed by atoms with Gasteiger partial charge in [0.25, 0.3) is 5.91 Å². The van der Waals surface area contributed by atoms with Crippen LogP contribution in [-0.4, -0.2) is 40.4 Å². The number of carbonyl (C=O) groups excluding carboxylic acids is 3. The number of ether oxygens (including phenoxy) is 1. The van der Waals surface area contributed by atoms with Crippen molar-refractivity contribution in [3.05, 3.63) is 94.0 Å². The molecule has 1 N–H and O–H groups in total. The molecule has 1 aliphatic rings. The average Bonchev–Trinajstić information content (AvgIpc) is 3.10. The fourth-order valence-electron chi connectivity index (χ4n) is 3.92. The summed E-state index contributed by atoms with van der Waals surface area (Å²) in [6, 6.07) is 19.5. The fraction of sp³-hybridized carbons (Fsp3) is 0.185. The second kappa shape index (κ2) is 11.7. The van der Waals surface area contributed by atoms with Crippen LogP contribution in [0.25, 0.3) is 0 Å². The van der Waals surface area contributed by atoms with Crippen LogP contribution in [0.4, 0.5) is 11.4 Å². The van der Waals surface area contributed by atoms with Crippen LogP contribution >= 0.6 is 35.4 Å². The quantitative estimate of drug-likeness (QED) is 0.283. The number of thiocarbonyl (C=S) groups is 1. The van der Waals surface area contributed by atoms with E-state index in [4.69, 9.17) is 40.2 Å². The number of hydrogen-bond donors (Lipinski definition) is 1. The molecule has 0 radical (unpaired) electrons. The van der Waals surface area contributed by atoms with Crippen molar-refractivity contribution in [2.45, 2.75) is 25.9 Å². The Balaban J connectivity index is 1.59. The lowest BCUT2D eigenvalue weighted by molar-refractivity contribution is -0.124. The van der Waals surface area contributed by atoms with Gasteiger partial charge in [-0.3, -0.25) is 14.5 Å². The Kier molecular flexibility index (Phi) is 8.43. The van der Waals surface area contributed by atoms with E-state index in [-0.39, 0.29) is 30.0 Å². The average molecular weight is 556 g/mol. The molecule has 37 heavy (non-hydrogen) atoms. The number of hydrogen-bond acceptors (Lipinski definition) is 5. The minimum Gasteiger partial charge on any atom is -0.462 e. The van der Waals surface area contributed by atoms with Crippen molar-refractivity contribution in [1.82, 2.24) is 4.90 Å². The Bertz CT molecular complexity index is 1310. The maximum absolute atomic E-state index is 13.6. The highest BCUT2D eigenvalue weighted by atomic mass is 35.5. The number of halogens is 2.